The largest absolute Gasteiger partial charge is 0.493 e. The lowest BCUT2D eigenvalue weighted by Crippen LogP contribution is -2.46. The Morgan fingerprint density at radius 1 is 0.970 bits per heavy atom. The van der Waals surface area contributed by atoms with E-state index in [4.69, 9.17) is 18.9 Å². The van der Waals surface area contributed by atoms with Crippen molar-refractivity contribution < 1.29 is 23.7 Å². The molecule has 0 bridgehead atoms. The lowest BCUT2D eigenvalue weighted by Gasteiger charge is -2.34. The molecule has 2 aromatic carbocycles. The van der Waals surface area contributed by atoms with Crippen LogP contribution >= 0.6 is 0 Å². The fourth-order valence-electron chi connectivity index (χ4n) is 4.40. The molecule has 0 atom stereocenters. The van der Waals surface area contributed by atoms with Gasteiger partial charge in [-0.2, -0.15) is 0 Å². The summed E-state index contributed by atoms with van der Waals surface area (Å²) in [7, 11) is 4.67. The highest BCUT2D eigenvalue weighted by Crippen LogP contribution is 2.40. The van der Waals surface area contributed by atoms with Crippen LogP contribution in [0.25, 0.3) is 0 Å². The highest BCUT2D eigenvalue weighted by Gasteiger charge is 2.20. The minimum absolute atomic E-state index is 0.0351. The number of benzene rings is 2. The first-order chi connectivity index (χ1) is 16.1. The molecule has 1 saturated heterocycles. The van der Waals surface area contributed by atoms with Gasteiger partial charge in [-0.15, -0.1) is 0 Å². The molecular formula is C25H33N3O5. The summed E-state index contributed by atoms with van der Waals surface area (Å²) in [5.41, 5.74) is 3.29. The third-order valence-corrected chi connectivity index (χ3v) is 6.23. The van der Waals surface area contributed by atoms with Crippen LogP contribution in [0.1, 0.15) is 17.5 Å². The van der Waals surface area contributed by atoms with Crippen LogP contribution in [0.2, 0.25) is 0 Å². The van der Waals surface area contributed by atoms with Gasteiger partial charge in [0, 0.05) is 69.9 Å². The van der Waals surface area contributed by atoms with Crippen molar-refractivity contribution in [3.63, 3.8) is 0 Å². The second-order valence-electron chi connectivity index (χ2n) is 8.37. The van der Waals surface area contributed by atoms with E-state index in [-0.39, 0.29) is 5.91 Å². The minimum atomic E-state index is -0.0351. The van der Waals surface area contributed by atoms with E-state index < -0.39 is 0 Å². The molecule has 178 valence electrons. The molecule has 8 nitrogen and oxygen atoms in total. The van der Waals surface area contributed by atoms with Crippen LogP contribution in [0.3, 0.4) is 0 Å². The topological polar surface area (TPSA) is 72.5 Å². The highest BCUT2D eigenvalue weighted by atomic mass is 16.5. The molecule has 0 spiro atoms. The number of ether oxygens (including phenoxy) is 4. The Hall–Kier alpha value is -2.97. The number of nitrogens with zero attached hydrogens (tertiary/aromatic N) is 2. The first-order valence-electron chi connectivity index (χ1n) is 11.4. The maximum absolute atomic E-state index is 12.5. The van der Waals surface area contributed by atoms with Gasteiger partial charge in [-0.3, -0.25) is 9.69 Å². The van der Waals surface area contributed by atoms with E-state index in [0.717, 1.165) is 58.0 Å². The summed E-state index contributed by atoms with van der Waals surface area (Å²) in [5.74, 6) is 2.53. The first kappa shape index (κ1) is 23.2. The van der Waals surface area contributed by atoms with E-state index in [2.05, 4.69) is 33.3 Å². The SMILES string of the molecule is COc1cc(NC(=O)CCN2CCN(Cc3ccc4c(c3)CCO4)CC2)cc(OC)c1OC. The van der Waals surface area contributed by atoms with Crippen molar-refractivity contribution in [2.45, 2.75) is 19.4 Å². The second kappa shape index (κ2) is 10.8. The monoisotopic (exact) mass is 455 g/mol. The molecule has 33 heavy (non-hydrogen) atoms. The number of anilines is 1. The van der Waals surface area contributed by atoms with Crippen LogP contribution in [0.5, 0.6) is 23.0 Å². The zero-order valence-electron chi connectivity index (χ0n) is 19.7. The zero-order chi connectivity index (χ0) is 23.2. The van der Waals surface area contributed by atoms with Crippen LogP contribution in [0, 0.1) is 0 Å². The van der Waals surface area contributed by atoms with E-state index in [0.29, 0.717) is 29.4 Å². The number of methoxy groups -OCH3 is 3. The summed E-state index contributed by atoms with van der Waals surface area (Å²) in [5, 5.41) is 2.94. The van der Waals surface area contributed by atoms with Crippen molar-refractivity contribution in [3.8, 4) is 23.0 Å². The maximum atomic E-state index is 12.5. The van der Waals surface area contributed by atoms with Gasteiger partial charge in [0.2, 0.25) is 11.7 Å². The van der Waals surface area contributed by atoms with Gasteiger partial charge >= 0.3 is 0 Å². The Morgan fingerprint density at radius 2 is 1.67 bits per heavy atom. The van der Waals surface area contributed by atoms with Gasteiger partial charge in [-0.05, 0) is 17.2 Å². The van der Waals surface area contributed by atoms with E-state index in [9.17, 15) is 4.79 Å². The van der Waals surface area contributed by atoms with Gasteiger partial charge < -0.3 is 29.2 Å². The smallest absolute Gasteiger partial charge is 0.225 e. The van der Waals surface area contributed by atoms with Gasteiger partial charge in [0.05, 0.1) is 27.9 Å². The number of hydrogen-bond acceptors (Lipinski definition) is 7. The normalized spacial score (nSPS) is 16.1. The maximum Gasteiger partial charge on any atom is 0.225 e. The van der Waals surface area contributed by atoms with E-state index >= 15 is 0 Å². The molecule has 0 aromatic heterocycles. The third kappa shape index (κ3) is 5.69. The van der Waals surface area contributed by atoms with Crippen molar-refractivity contribution >= 4 is 11.6 Å². The Balaban J connectivity index is 1.22. The standard InChI is InChI=1S/C25H33N3O5/c1-30-22-15-20(16-23(31-2)25(22)32-3)26-24(29)6-8-27-9-11-28(12-10-27)17-18-4-5-21-19(14-18)7-13-33-21/h4-5,14-16H,6-13,17H2,1-3H3,(H,26,29). The molecule has 2 aliphatic rings. The fraction of sp³-hybridized carbons (Fsp3) is 0.480. The lowest BCUT2D eigenvalue weighted by atomic mass is 10.1. The minimum Gasteiger partial charge on any atom is -0.493 e. The summed E-state index contributed by atoms with van der Waals surface area (Å²) in [6.07, 6.45) is 1.44. The van der Waals surface area contributed by atoms with Gasteiger partial charge in [0.1, 0.15) is 5.75 Å². The van der Waals surface area contributed by atoms with Crippen LogP contribution in [-0.2, 0) is 17.8 Å². The molecule has 4 rings (SSSR count). The number of carbonyl (C=O) groups is 1. The summed E-state index contributed by atoms with van der Waals surface area (Å²) in [6.45, 7) is 6.43. The first-order valence-corrected chi connectivity index (χ1v) is 11.4. The van der Waals surface area contributed by atoms with Crippen molar-refractivity contribution in [3.05, 3.63) is 41.5 Å². The Kier molecular flexibility index (Phi) is 7.57. The molecule has 8 heteroatoms. The molecule has 1 amide bonds. The summed E-state index contributed by atoms with van der Waals surface area (Å²) in [6, 6.07) is 10.0. The van der Waals surface area contributed by atoms with Gasteiger partial charge in [-0.1, -0.05) is 12.1 Å². The summed E-state index contributed by atoms with van der Waals surface area (Å²) in [4.78, 5) is 17.4. The van der Waals surface area contributed by atoms with Crippen LogP contribution < -0.4 is 24.3 Å². The number of hydrogen-bond donors (Lipinski definition) is 1. The highest BCUT2D eigenvalue weighted by molar-refractivity contribution is 5.91. The molecule has 0 aliphatic carbocycles. The van der Waals surface area contributed by atoms with Gasteiger partial charge in [0.15, 0.2) is 11.5 Å². The molecule has 2 heterocycles. The number of nitrogens with one attached hydrogen (secondary N) is 1. The van der Waals surface area contributed by atoms with E-state index in [1.165, 1.54) is 11.1 Å². The van der Waals surface area contributed by atoms with E-state index in [1.807, 2.05) is 0 Å². The average molecular weight is 456 g/mol. The van der Waals surface area contributed by atoms with Crippen LogP contribution in [0.15, 0.2) is 30.3 Å². The van der Waals surface area contributed by atoms with Crippen molar-refractivity contribution in [1.82, 2.24) is 9.80 Å². The van der Waals surface area contributed by atoms with Gasteiger partial charge in [0.25, 0.3) is 0 Å². The molecule has 0 radical (unpaired) electrons. The molecule has 2 aliphatic heterocycles. The number of rotatable bonds is 9. The van der Waals surface area contributed by atoms with Crippen molar-refractivity contribution in [2.24, 2.45) is 0 Å². The predicted octanol–water partition coefficient (Wildman–Crippen LogP) is 2.79. The van der Waals surface area contributed by atoms with E-state index in [1.54, 1.807) is 33.5 Å². The Morgan fingerprint density at radius 3 is 2.33 bits per heavy atom. The second-order valence-corrected chi connectivity index (χ2v) is 8.37. The van der Waals surface area contributed by atoms with Crippen LogP contribution in [-0.4, -0.2) is 76.4 Å². The molecule has 1 N–H and O–H groups in total. The molecule has 0 saturated carbocycles. The predicted molar refractivity (Wildman–Crippen MR) is 127 cm³/mol. The molecule has 0 unspecified atom stereocenters. The zero-order valence-corrected chi connectivity index (χ0v) is 19.7. The number of amides is 1. The van der Waals surface area contributed by atoms with Crippen molar-refractivity contribution in [2.75, 3.05) is 66.0 Å². The average Bonchev–Trinajstić information content (AvgIpc) is 3.31. The lowest BCUT2D eigenvalue weighted by molar-refractivity contribution is -0.116. The Bertz CT molecular complexity index is 948. The molecular weight excluding hydrogens is 422 g/mol. The fourth-order valence-corrected chi connectivity index (χ4v) is 4.40. The molecule has 2 aromatic rings. The number of fused-ring (bicyclic) bond motifs is 1. The van der Waals surface area contributed by atoms with Gasteiger partial charge in [-0.25, -0.2) is 0 Å². The quantitative estimate of drug-likeness (QED) is 0.623. The summed E-state index contributed by atoms with van der Waals surface area (Å²) < 4.78 is 21.6. The van der Waals surface area contributed by atoms with Crippen LogP contribution in [0.4, 0.5) is 5.69 Å². The number of piperazine rings is 1. The third-order valence-electron chi connectivity index (χ3n) is 6.23. The summed E-state index contributed by atoms with van der Waals surface area (Å²) >= 11 is 0. The molecule has 1 fully saturated rings. The van der Waals surface area contributed by atoms with Crippen molar-refractivity contribution in [1.29, 1.82) is 0 Å². The number of carbonyl (C=O) groups excluding carboxylic acids is 1. The Labute approximate surface area is 195 Å².